The van der Waals surface area contributed by atoms with Gasteiger partial charge < -0.3 is 5.73 Å². The van der Waals surface area contributed by atoms with Gasteiger partial charge in [-0.25, -0.2) is 10.2 Å². The molecule has 0 atom stereocenters. The molecular formula is C9H17N3O. The predicted molar refractivity (Wildman–Crippen MR) is 52.3 cm³/mol. The average Bonchev–Trinajstić information content (AvgIpc) is 1.81. The monoisotopic (exact) mass is 183 g/mol. The molecule has 0 aromatic heterocycles. The van der Waals surface area contributed by atoms with Gasteiger partial charge in [0, 0.05) is 16.5 Å². The number of primary amides is 1. The maximum atomic E-state index is 10.5. The molecule has 0 spiro atoms. The molecule has 0 heterocycles. The highest BCUT2D eigenvalue weighted by atomic mass is 16.2. The van der Waals surface area contributed by atoms with E-state index in [9.17, 15) is 4.79 Å². The fraction of sp³-hybridized carbons (Fsp3) is 0.778. The Morgan fingerprint density at radius 1 is 1.38 bits per heavy atom. The molecule has 0 unspecified atom stereocenters. The molecule has 74 valence electrons. The van der Waals surface area contributed by atoms with Crippen molar-refractivity contribution in [3.05, 3.63) is 0 Å². The van der Waals surface area contributed by atoms with Crippen molar-refractivity contribution in [1.29, 1.82) is 0 Å². The molecule has 1 aliphatic rings. The van der Waals surface area contributed by atoms with Crippen LogP contribution in [0.5, 0.6) is 0 Å². The van der Waals surface area contributed by atoms with Gasteiger partial charge in [0.05, 0.1) is 0 Å². The molecule has 0 aliphatic heterocycles. The van der Waals surface area contributed by atoms with Gasteiger partial charge in [0.2, 0.25) is 0 Å². The second kappa shape index (κ2) is 2.72. The molecule has 1 rings (SSSR count). The zero-order valence-electron chi connectivity index (χ0n) is 8.64. The lowest BCUT2D eigenvalue weighted by Gasteiger charge is -2.50. The fourth-order valence-corrected chi connectivity index (χ4v) is 2.50. The normalized spacial score (nSPS) is 23.2. The predicted octanol–water partition coefficient (Wildman–Crippen LogP) is 1.47. The van der Waals surface area contributed by atoms with Crippen molar-refractivity contribution in [3.63, 3.8) is 0 Å². The second-order valence-electron chi connectivity index (χ2n) is 4.88. The lowest BCUT2D eigenvalue weighted by molar-refractivity contribution is 0.226. The Bertz CT molecular complexity index is 250. The number of nitrogens with one attached hydrogen (secondary N) is 1. The Hall–Kier alpha value is -1.06. The lowest BCUT2D eigenvalue weighted by atomic mass is 9.54. The van der Waals surface area contributed by atoms with Crippen LogP contribution in [-0.2, 0) is 0 Å². The highest BCUT2D eigenvalue weighted by molar-refractivity contribution is 6.00. The van der Waals surface area contributed by atoms with E-state index in [1.807, 2.05) is 0 Å². The second-order valence-corrected chi connectivity index (χ2v) is 4.88. The Morgan fingerprint density at radius 2 is 1.85 bits per heavy atom. The van der Waals surface area contributed by atoms with E-state index in [1.54, 1.807) is 0 Å². The molecule has 0 aromatic carbocycles. The quantitative estimate of drug-likeness (QED) is 0.594. The number of urea groups is 1. The van der Waals surface area contributed by atoms with E-state index in [-0.39, 0.29) is 10.8 Å². The van der Waals surface area contributed by atoms with Gasteiger partial charge in [-0.3, -0.25) is 0 Å². The van der Waals surface area contributed by atoms with E-state index < -0.39 is 6.03 Å². The summed E-state index contributed by atoms with van der Waals surface area (Å²) in [5.74, 6) is 0. The summed E-state index contributed by atoms with van der Waals surface area (Å²) in [4.78, 5) is 10.5. The minimum absolute atomic E-state index is 0.0892. The van der Waals surface area contributed by atoms with Crippen LogP contribution in [0, 0.1) is 10.8 Å². The number of nitrogens with two attached hydrogens (primary N) is 1. The maximum absolute atomic E-state index is 10.5. The Balaban J connectivity index is 2.76. The SMILES string of the molecule is CC1(C)CC(C)(C)C1=NNC(N)=O. The van der Waals surface area contributed by atoms with Gasteiger partial charge >= 0.3 is 6.03 Å². The van der Waals surface area contributed by atoms with Crippen LogP contribution in [-0.4, -0.2) is 11.7 Å². The zero-order chi connectivity index (χ0) is 10.3. The Kier molecular flexibility index (Phi) is 2.10. The summed E-state index contributed by atoms with van der Waals surface area (Å²) in [6, 6.07) is -0.606. The van der Waals surface area contributed by atoms with E-state index in [0.717, 1.165) is 12.1 Å². The summed E-state index contributed by atoms with van der Waals surface area (Å²) < 4.78 is 0. The number of hydrogen-bond donors (Lipinski definition) is 2. The zero-order valence-corrected chi connectivity index (χ0v) is 8.64. The molecule has 4 heteroatoms. The summed E-state index contributed by atoms with van der Waals surface area (Å²) in [5, 5.41) is 4.03. The average molecular weight is 183 g/mol. The summed E-state index contributed by atoms with van der Waals surface area (Å²) >= 11 is 0. The van der Waals surface area contributed by atoms with Crippen LogP contribution >= 0.6 is 0 Å². The summed E-state index contributed by atoms with van der Waals surface area (Å²) in [7, 11) is 0. The lowest BCUT2D eigenvalue weighted by Crippen LogP contribution is -2.52. The first-order valence-electron chi connectivity index (χ1n) is 4.40. The van der Waals surface area contributed by atoms with Gasteiger partial charge in [-0.05, 0) is 6.42 Å². The topological polar surface area (TPSA) is 67.5 Å². The van der Waals surface area contributed by atoms with Crippen molar-refractivity contribution >= 4 is 11.7 Å². The molecule has 4 nitrogen and oxygen atoms in total. The van der Waals surface area contributed by atoms with Crippen LogP contribution in [0.1, 0.15) is 34.1 Å². The smallest absolute Gasteiger partial charge is 0.332 e. The third-order valence-corrected chi connectivity index (χ3v) is 2.44. The van der Waals surface area contributed by atoms with E-state index in [0.29, 0.717) is 0 Å². The first kappa shape index (κ1) is 10.0. The third kappa shape index (κ3) is 1.82. The molecular weight excluding hydrogens is 166 g/mol. The number of amides is 2. The minimum atomic E-state index is -0.606. The van der Waals surface area contributed by atoms with Crippen molar-refractivity contribution in [2.45, 2.75) is 34.1 Å². The van der Waals surface area contributed by atoms with E-state index in [2.05, 4.69) is 38.2 Å². The number of carbonyl (C=O) groups excluding carboxylic acids is 1. The standard InChI is InChI=1S/C9H17N3O/c1-8(2)5-9(3,4)6(8)11-12-7(10)13/h5H2,1-4H3,(H3,10,12,13). The van der Waals surface area contributed by atoms with E-state index in [1.165, 1.54) is 0 Å². The van der Waals surface area contributed by atoms with Gasteiger partial charge in [0.15, 0.2) is 0 Å². The van der Waals surface area contributed by atoms with Crippen molar-refractivity contribution in [1.82, 2.24) is 5.43 Å². The fourth-order valence-electron chi connectivity index (χ4n) is 2.50. The van der Waals surface area contributed by atoms with Crippen molar-refractivity contribution < 1.29 is 4.79 Å². The molecule has 1 aliphatic carbocycles. The van der Waals surface area contributed by atoms with Gasteiger partial charge in [0.1, 0.15) is 0 Å². The number of rotatable bonds is 1. The molecule has 3 N–H and O–H groups in total. The molecule has 2 amide bonds. The molecule has 13 heavy (non-hydrogen) atoms. The maximum Gasteiger partial charge on any atom is 0.332 e. The van der Waals surface area contributed by atoms with E-state index >= 15 is 0 Å². The summed E-state index contributed by atoms with van der Waals surface area (Å²) in [6.45, 7) is 8.44. The molecule has 0 aromatic rings. The van der Waals surface area contributed by atoms with Crippen LogP contribution in [0.3, 0.4) is 0 Å². The van der Waals surface area contributed by atoms with Crippen molar-refractivity contribution in [2.24, 2.45) is 21.7 Å². The minimum Gasteiger partial charge on any atom is -0.350 e. The van der Waals surface area contributed by atoms with Crippen molar-refractivity contribution in [2.75, 3.05) is 0 Å². The number of hydrazone groups is 1. The Morgan fingerprint density at radius 3 is 2.15 bits per heavy atom. The highest BCUT2D eigenvalue weighted by Crippen LogP contribution is 2.50. The van der Waals surface area contributed by atoms with Gasteiger partial charge in [-0.2, -0.15) is 5.10 Å². The summed E-state index contributed by atoms with van der Waals surface area (Å²) in [6.07, 6.45) is 1.08. The first-order chi connectivity index (χ1) is 5.76. The van der Waals surface area contributed by atoms with Gasteiger partial charge in [-0.1, -0.05) is 27.7 Å². The largest absolute Gasteiger partial charge is 0.350 e. The van der Waals surface area contributed by atoms with Crippen LogP contribution in [0.2, 0.25) is 0 Å². The third-order valence-electron chi connectivity index (χ3n) is 2.44. The number of carbonyl (C=O) groups is 1. The summed E-state index contributed by atoms with van der Waals surface area (Å²) in [5.41, 5.74) is 8.42. The molecule has 0 radical (unpaired) electrons. The number of nitrogens with zero attached hydrogens (tertiary/aromatic N) is 1. The van der Waals surface area contributed by atoms with Crippen LogP contribution in [0.4, 0.5) is 4.79 Å². The molecule has 0 bridgehead atoms. The first-order valence-corrected chi connectivity index (χ1v) is 4.40. The van der Waals surface area contributed by atoms with Gasteiger partial charge in [0.25, 0.3) is 0 Å². The molecule has 0 saturated heterocycles. The van der Waals surface area contributed by atoms with Gasteiger partial charge in [-0.15, -0.1) is 0 Å². The number of hydrogen-bond acceptors (Lipinski definition) is 2. The highest BCUT2D eigenvalue weighted by Gasteiger charge is 2.49. The Labute approximate surface area is 78.6 Å². The molecule has 1 saturated carbocycles. The van der Waals surface area contributed by atoms with E-state index in [4.69, 9.17) is 5.73 Å². The van der Waals surface area contributed by atoms with Crippen LogP contribution in [0.15, 0.2) is 5.10 Å². The van der Waals surface area contributed by atoms with Crippen molar-refractivity contribution in [3.8, 4) is 0 Å². The molecule has 1 fully saturated rings. The van der Waals surface area contributed by atoms with Crippen LogP contribution in [0.25, 0.3) is 0 Å². The van der Waals surface area contributed by atoms with Crippen LogP contribution < -0.4 is 11.2 Å².